The minimum absolute atomic E-state index is 0. The van der Waals surface area contributed by atoms with Crippen molar-refractivity contribution in [3.63, 3.8) is 0 Å². The van der Waals surface area contributed by atoms with Gasteiger partial charge in [0.1, 0.15) is 17.2 Å². The summed E-state index contributed by atoms with van der Waals surface area (Å²) in [6, 6.07) is 14.0. The van der Waals surface area contributed by atoms with Gasteiger partial charge in [-0.2, -0.15) is 0 Å². The van der Waals surface area contributed by atoms with Gasteiger partial charge in [0.25, 0.3) is 0 Å². The number of ether oxygens (including phenoxy) is 1. The number of hydrogen-bond donors (Lipinski definition) is 3. The summed E-state index contributed by atoms with van der Waals surface area (Å²) in [5, 5.41) is 29.1. The maximum atomic E-state index is 13.6. The Hall–Kier alpha value is -1.96. The second-order valence-corrected chi connectivity index (χ2v) is 8.01. The van der Waals surface area contributed by atoms with Gasteiger partial charge in [0.15, 0.2) is 0 Å². The van der Waals surface area contributed by atoms with E-state index in [4.69, 9.17) is 9.84 Å². The molecule has 1 aliphatic heterocycles. The first-order valence-electron chi connectivity index (χ1n) is 10.8. The maximum absolute atomic E-state index is 13.6. The predicted molar refractivity (Wildman–Crippen MR) is 128 cm³/mol. The molecule has 33 heavy (non-hydrogen) atoms. The van der Waals surface area contributed by atoms with Gasteiger partial charge in [0, 0.05) is 17.6 Å². The quantitative estimate of drug-likeness (QED) is 0.487. The average molecular weight is 465 g/mol. The summed E-state index contributed by atoms with van der Waals surface area (Å²) in [5.41, 5.74) is 2.78. The molecule has 1 aliphatic rings. The van der Waals surface area contributed by atoms with Crippen molar-refractivity contribution in [3.8, 4) is 5.75 Å². The van der Waals surface area contributed by atoms with Gasteiger partial charge in [-0.15, -0.1) is 0 Å². The Balaban J connectivity index is 0.00000385. The molecule has 7 heteroatoms. The van der Waals surface area contributed by atoms with Gasteiger partial charge in [-0.05, 0) is 42.2 Å². The molecule has 3 rings (SSSR count). The molecule has 0 aliphatic carbocycles. The van der Waals surface area contributed by atoms with Crippen molar-refractivity contribution in [3.05, 3.63) is 83.2 Å². The normalized spacial score (nSPS) is 16.5. The average Bonchev–Trinajstić information content (AvgIpc) is 2.76. The van der Waals surface area contributed by atoms with Crippen LogP contribution in [0, 0.1) is 5.82 Å². The van der Waals surface area contributed by atoms with Crippen LogP contribution in [0.25, 0.3) is 5.57 Å². The molecule has 0 fully saturated rings. The number of carboxylic acid groups (broad SMARTS) is 1. The van der Waals surface area contributed by atoms with E-state index in [1.807, 2.05) is 38.1 Å². The summed E-state index contributed by atoms with van der Waals surface area (Å²) in [6.07, 6.45) is 1.97. The summed E-state index contributed by atoms with van der Waals surface area (Å²) < 4.78 is 20.1. The van der Waals surface area contributed by atoms with Crippen LogP contribution >= 0.6 is 0 Å². The molecule has 3 N–H and O–H groups in total. The third-order valence-corrected chi connectivity index (χ3v) is 5.91. The number of fused-ring (bicyclic) bond motifs is 1. The molecule has 5 nitrogen and oxygen atoms in total. The van der Waals surface area contributed by atoms with Crippen molar-refractivity contribution >= 4 is 41.1 Å². The molecule has 172 valence electrons. The number of hydrogen-bond acceptors (Lipinski definition) is 4. The van der Waals surface area contributed by atoms with E-state index in [1.165, 1.54) is 12.1 Å². The fourth-order valence-corrected chi connectivity index (χ4v) is 4.19. The number of para-hydroxylation sites is 1. The van der Waals surface area contributed by atoms with Crippen molar-refractivity contribution < 1.29 is 29.2 Å². The van der Waals surface area contributed by atoms with Crippen molar-refractivity contribution in [2.24, 2.45) is 0 Å². The van der Waals surface area contributed by atoms with Crippen LogP contribution in [0.5, 0.6) is 5.75 Å². The van der Waals surface area contributed by atoms with Crippen LogP contribution in [-0.2, 0) is 4.79 Å². The second kappa shape index (κ2) is 12.0. The summed E-state index contributed by atoms with van der Waals surface area (Å²) in [7, 11) is 0. The van der Waals surface area contributed by atoms with E-state index >= 15 is 0 Å². The van der Waals surface area contributed by atoms with E-state index in [-0.39, 0.29) is 41.8 Å². The number of benzene rings is 2. The number of aliphatic hydroxyl groups is 2. The molecular formula is C26H30FNaO5. The first-order valence-corrected chi connectivity index (χ1v) is 10.8. The van der Waals surface area contributed by atoms with Gasteiger partial charge in [-0.25, -0.2) is 4.39 Å². The Morgan fingerprint density at radius 1 is 1.09 bits per heavy atom. The topological polar surface area (TPSA) is 87.0 Å². The van der Waals surface area contributed by atoms with Gasteiger partial charge >= 0.3 is 35.5 Å². The Bertz CT molecular complexity index is 1010. The molecule has 0 spiro atoms. The molecule has 0 amide bonds. The Kier molecular flexibility index (Phi) is 9.88. The van der Waals surface area contributed by atoms with Crippen LogP contribution in [0.15, 0.2) is 66.3 Å². The van der Waals surface area contributed by atoms with Crippen LogP contribution in [-0.4, -0.2) is 68.7 Å². The van der Waals surface area contributed by atoms with E-state index in [0.717, 1.165) is 28.0 Å². The molecule has 0 radical (unpaired) electrons. The standard InChI is InChI=1S/C26H29FO5.Na.H/c1-3-26(4-2)22(14-13-19(28)15-20(29)16-24(30)31)25(17-9-11-18(27)12-10-17)21-7-5-6-8-23(21)32-26;;/h5-14,19-20,28-29H,3-4,15-16H2,1-2H3,(H,30,31);;/b14-13+;;. The number of halogens is 1. The Labute approximate surface area is 215 Å². The molecule has 2 atom stereocenters. The molecule has 0 saturated carbocycles. The molecule has 0 bridgehead atoms. The Morgan fingerprint density at radius 3 is 2.33 bits per heavy atom. The fraction of sp³-hybridized carbons (Fsp3) is 0.346. The second-order valence-electron chi connectivity index (χ2n) is 8.01. The third-order valence-electron chi connectivity index (χ3n) is 5.91. The van der Waals surface area contributed by atoms with Crippen molar-refractivity contribution in [1.29, 1.82) is 0 Å². The molecule has 2 aromatic rings. The van der Waals surface area contributed by atoms with Gasteiger partial charge in [-0.3, -0.25) is 4.79 Å². The number of aliphatic hydroxyl groups excluding tert-OH is 2. The van der Waals surface area contributed by atoms with Crippen LogP contribution in [0.4, 0.5) is 4.39 Å². The van der Waals surface area contributed by atoms with Gasteiger partial charge < -0.3 is 20.1 Å². The van der Waals surface area contributed by atoms with Crippen LogP contribution in [0.3, 0.4) is 0 Å². The molecular weight excluding hydrogens is 434 g/mol. The molecule has 2 aromatic carbocycles. The summed E-state index contributed by atoms with van der Waals surface area (Å²) in [6.45, 7) is 4.06. The van der Waals surface area contributed by atoms with Crippen molar-refractivity contribution in [2.45, 2.75) is 57.3 Å². The zero-order chi connectivity index (χ0) is 23.3. The molecule has 0 saturated heterocycles. The summed E-state index contributed by atoms with van der Waals surface area (Å²) in [4.78, 5) is 10.8. The number of aliphatic carboxylic acids is 1. The van der Waals surface area contributed by atoms with Gasteiger partial charge in [0.05, 0.1) is 18.6 Å². The third kappa shape index (κ3) is 6.34. The number of rotatable bonds is 9. The van der Waals surface area contributed by atoms with Crippen molar-refractivity contribution in [1.82, 2.24) is 0 Å². The van der Waals surface area contributed by atoms with Gasteiger partial charge in [-0.1, -0.05) is 56.3 Å². The number of carbonyl (C=O) groups is 1. The van der Waals surface area contributed by atoms with Crippen LogP contribution in [0.2, 0.25) is 0 Å². The van der Waals surface area contributed by atoms with E-state index in [2.05, 4.69) is 0 Å². The molecule has 0 aromatic heterocycles. The summed E-state index contributed by atoms with van der Waals surface area (Å²) in [5.74, 6) is -0.708. The first-order chi connectivity index (χ1) is 15.3. The van der Waals surface area contributed by atoms with Gasteiger partial charge in [0.2, 0.25) is 0 Å². The SMILES string of the molecule is CCC1(CC)Oc2ccccc2C(c2ccc(F)cc2)=C1/C=C/C(O)CC(O)CC(=O)O.[NaH]. The summed E-state index contributed by atoms with van der Waals surface area (Å²) >= 11 is 0. The first kappa shape index (κ1) is 27.3. The molecule has 1 heterocycles. The van der Waals surface area contributed by atoms with E-state index < -0.39 is 30.2 Å². The number of carboxylic acids is 1. The zero-order valence-corrected chi connectivity index (χ0v) is 18.3. The Morgan fingerprint density at radius 2 is 1.73 bits per heavy atom. The zero-order valence-electron chi connectivity index (χ0n) is 18.3. The van der Waals surface area contributed by atoms with E-state index in [1.54, 1.807) is 24.3 Å². The van der Waals surface area contributed by atoms with E-state index in [9.17, 15) is 19.4 Å². The van der Waals surface area contributed by atoms with Crippen LogP contribution < -0.4 is 4.74 Å². The van der Waals surface area contributed by atoms with Crippen LogP contribution in [0.1, 0.15) is 50.7 Å². The predicted octanol–water partition coefficient (Wildman–Crippen LogP) is 4.07. The minimum atomic E-state index is -1.15. The fourth-order valence-electron chi connectivity index (χ4n) is 4.19. The molecule has 2 unspecified atom stereocenters. The van der Waals surface area contributed by atoms with Crippen molar-refractivity contribution in [2.75, 3.05) is 0 Å². The monoisotopic (exact) mass is 464 g/mol. The van der Waals surface area contributed by atoms with E-state index in [0.29, 0.717) is 12.8 Å².